The van der Waals surface area contributed by atoms with Gasteiger partial charge in [0.2, 0.25) is 0 Å². The van der Waals surface area contributed by atoms with Crippen molar-refractivity contribution >= 4 is 5.91 Å². The van der Waals surface area contributed by atoms with Crippen LogP contribution in [0.4, 0.5) is 0 Å². The Hall–Kier alpha value is -2.16. The molecule has 0 atom stereocenters. The minimum Gasteiger partial charge on any atom is -0.330 e. The molecular formula is C16H16N2O. The Morgan fingerprint density at radius 3 is 2.74 bits per heavy atom. The second-order valence-electron chi connectivity index (χ2n) is 4.82. The number of hydrogen-bond donors (Lipinski definition) is 0. The zero-order chi connectivity index (χ0) is 13.2. The first-order valence-electron chi connectivity index (χ1n) is 6.58. The molecule has 0 saturated carbocycles. The molecule has 0 unspecified atom stereocenters. The number of benzene rings is 1. The zero-order valence-corrected chi connectivity index (χ0v) is 11.0. The summed E-state index contributed by atoms with van der Waals surface area (Å²) in [5.74, 6) is 0.157. The molecule has 2 heterocycles. The lowest BCUT2D eigenvalue weighted by molar-refractivity contribution is 0.0766. The maximum atomic E-state index is 12.5. The van der Waals surface area contributed by atoms with E-state index in [1.165, 1.54) is 0 Å². The van der Waals surface area contributed by atoms with E-state index in [-0.39, 0.29) is 5.91 Å². The Morgan fingerprint density at radius 2 is 2.00 bits per heavy atom. The van der Waals surface area contributed by atoms with Gasteiger partial charge in [0.05, 0.1) is 0 Å². The standard InChI is InChI=1S/C16H16N2O/c1-2-13-4-3-5-14-11-18(16(19)15(13)14)10-12-6-8-17-9-7-12/h3-9H,2,10-11H2,1H3. The number of amides is 1. The van der Waals surface area contributed by atoms with Crippen LogP contribution >= 0.6 is 0 Å². The molecule has 96 valence electrons. The first-order valence-corrected chi connectivity index (χ1v) is 6.58. The van der Waals surface area contributed by atoms with E-state index in [1.807, 2.05) is 29.2 Å². The lowest BCUT2D eigenvalue weighted by atomic mass is 10.0. The third-order valence-corrected chi connectivity index (χ3v) is 3.60. The van der Waals surface area contributed by atoms with Crippen molar-refractivity contribution < 1.29 is 4.79 Å². The van der Waals surface area contributed by atoms with Gasteiger partial charge in [0.25, 0.3) is 5.91 Å². The number of hydrogen-bond acceptors (Lipinski definition) is 2. The predicted molar refractivity (Wildman–Crippen MR) is 73.6 cm³/mol. The maximum absolute atomic E-state index is 12.5. The van der Waals surface area contributed by atoms with E-state index in [0.717, 1.165) is 28.7 Å². The van der Waals surface area contributed by atoms with Crippen LogP contribution in [0.15, 0.2) is 42.7 Å². The van der Waals surface area contributed by atoms with E-state index in [2.05, 4.69) is 18.0 Å². The molecule has 0 aliphatic carbocycles. The van der Waals surface area contributed by atoms with E-state index in [1.54, 1.807) is 12.4 Å². The monoisotopic (exact) mass is 252 g/mol. The quantitative estimate of drug-likeness (QED) is 0.841. The van der Waals surface area contributed by atoms with Crippen molar-refractivity contribution in [3.63, 3.8) is 0 Å². The molecule has 1 amide bonds. The van der Waals surface area contributed by atoms with E-state index in [0.29, 0.717) is 13.1 Å². The number of aryl methyl sites for hydroxylation is 1. The Balaban J connectivity index is 1.88. The van der Waals surface area contributed by atoms with E-state index >= 15 is 0 Å². The third kappa shape index (κ3) is 2.12. The largest absolute Gasteiger partial charge is 0.330 e. The summed E-state index contributed by atoms with van der Waals surface area (Å²) in [6.45, 7) is 3.46. The van der Waals surface area contributed by atoms with Gasteiger partial charge in [-0.15, -0.1) is 0 Å². The number of fused-ring (bicyclic) bond motifs is 1. The van der Waals surface area contributed by atoms with Crippen LogP contribution in [-0.2, 0) is 19.5 Å². The van der Waals surface area contributed by atoms with Crippen molar-refractivity contribution in [2.24, 2.45) is 0 Å². The van der Waals surface area contributed by atoms with Crippen molar-refractivity contribution in [2.45, 2.75) is 26.4 Å². The van der Waals surface area contributed by atoms with Gasteiger partial charge in [0.15, 0.2) is 0 Å². The molecule has 2 aromatic rings. The fourth-order valence-electron chi connectivity index (χ4n) is 2.63. The summed E-state index contributed by atoms with van der Waals surface area (Å²) in [6, 6.07) is 10.1. The van der Waals surface area contributed by atoms with Gasteiger partial charge < -0.3 is 4.90 Å². The molecule has 1 aromatic carbocycles. The highest BCUT2D eigenvalue weighted by Gasteiger charge is 2.28. The molecule has 0 radical (unpaired) electrons. The minimum atomic E-state index is 0.157. The molecular weight excluding hydrogens is 236 g/mol. The van der Waals surface area contributed by atoms with Crippen LogP contribution in [0.25, 0.3) is 0 Å². The molecule has 0 saturated heterocycles. The van der Waals surface area contributed by atoms with Crippen LogP contribution in [0, 0.1) is 0 Å². The Morgan fingerprint density at radius 1 is 1.21 bits per heavy atom. The summed E-state index contributed by atoms with van der Waals surface area (Å²) in [4.78, 5) is 18.4. The molecule has 3 rings (SSSR count). The van der Waals surface area contributed by atoms with Crippen molar-refractivity contribution in [2.75, 3.05) is 0 Å². The van der Waals surface area contributed by atoms with E-state index in [4.69, 9.17) is 0 Å². The van der Waals surface area contributed by atoms with E-state index < -0.39 is 0 Å². The van der Waals surface area contributed by atoms with Gasteiger partial charge in [-0.3, -0.25) is 9.78 Å². The zero-order valence-electron chi connectivity index (χ0n) is 11.0. The fraction of sp³-hybridized carbons (Fsp3) is 0.250. The first kappa shape index (κ1) is 11.9. The lowest BCUT2D eigenvalue weighted by Gasteiger charge is -2.15. The first-order chi connectivity index (χ1) is 9.29. The number of pyridine rings is 1. The third-order valence-electron chi connectivity index (χ3n) is 3.60. The summed E-state index contributed by atoms with van der Waals surface area (Å²) in [7, 11) is 0. The van der Waals surface area contributed by atoms with Crippen LogP contribution in [0.1, 0.15) is 34.0 Å². The van der Waals surface area contributed by atoms with Gasteiger partial charge in [-0.05, 0) is 35.2 Å². The van der Waals surface area contributed by atoms with Gasteiger partial charge in [0.1, 0.15) is 0 Å². The van der Waals surface area contributed by atoms with Gasteiger partial charge in [-0.2, -0.15) is 0 Å². The highest BCUT2D eigenvalue weighted by Crippen LogP contribution is 2.27. The summed E-state index contributed by atoms with van der Waals surface area (Å²) in [5.41, 5.74) is 4.34. The smallest absolute Gasteiger partial charge is 0.255 e. The molecule has 0 N–H and O–H groups in total. The van der Waals surface area contributed by atoms with Crippen LogP contribution in [0.2, 0.25) is 0 Å². The number of rotatable bonds is 3. The van der Waals surface area contributed by atoms with Gasteiger partial charge >= 0.3 is 0 Å². The highest BCUT2D eigenvalue weighted by molar-refractivity contribution is 5.99. The van der Waals surface area contributed by atoms with Gasteiger partial charge in [-0.25, -0.2) is 0 Å². The molecule has 0 spiro atoms. The van der Waals surface area contributed by atoms with Crippen LogP contribution in [-0.4, -0.2) is 15.8 Å². The van der Waals surface area contributed by atoms with E-state index in [9.17, 15) is 4.79 Å². The normalized spacial score (nSPS) is 13.7. The lowest BCUT2D eigenvalue weighted by Crippen LogP contribution is -2.23. The van der Waals surface area contributed by atoms with Crippen molar-refractivity contribution in [1.29, 1.82) is 0 Å². The summed E-state index contributed by atoms with van der Waals surface area (Å²) in [6.07, 6.45) is 4.43. The van der Waals surface area contributed by atoms with Crippen molar-refractivity contribution in [3.8, 4) is 0 Å². The Kier molecular flexibility index (Phi) is 3.03. The summed E-state index contributed by atoms with van der Waals surface area (Å²) < 4.78 is 0. The van der Waals surface area contributed by atoms with Crippen LogP contribution in [0.5, 0.6) is 0 Å². The molecule has 1 aliphatic rings. The molecule has 1 aromatic heterocycles. The maximum Gasteiger partial charge on any atom is 0.255 e. The number of carbonyl (C=O) groups is 1. The Labute approximate surface area is 112 Å². The fourth-order valence-corrected chi connectivity index (χ4v) is 2.63. The topological polar surface area (TPSA) is 33.2 Å². The number of nitrogens with zero attached hydrogens (tertiary/aromatic N) is 2. The molecule has 1 aliphatic heterocycles. The van der Waals surface area contributed by atoms with Gasteiger partial charge in [-0.1, -0.05) is 25.1 Å². The average molecular weight is 252 g/mol. The molecule has 0 bridgehead atoms. The summed E-state index contributed by atoms with van der Waals surface area (Å²) in [5, 5.41) is 0. The average Bonchev–Trinajstić information content (AvgIpc) is 2.77. The summed E-state index contributed by atoms with van der Waals surface area (Å²) >= 11 is 0. The number of carbonyl (C=O) groups excluding carboxylic acids is 1. The molecule has 3 nitrogen and oxygen atoms in total. The second-order valence-corrected chi connectivity index (χ2v) is 4.82. The van der Waals surface area contributed by atoms with Gasteiger partial charge in [0, 0.05) is 31.0 Å². The second kappa shape index (κ2) is 4.84. The predicted octanol–water partition coefficient (Wildman–Crippen LogP) is 2.80. The SMILES string of the molecule is CCc1cccc2c1C(=O)N(Cc1ccncc1)C2. The van der Waals surface area contributed by atoms with Crippen LogP contribution in [0.3, 0.4) is 0 Å². The highest BCUT2D eigenvalue weighted by atomic mass is 16.2. The molecule has 0 fully saturated rings. The minimum absolute atomic E-state index is 0.157. The Bertz CT molecular complexity index is 607. The number of aromatic nitrogens is 1. The van der Waals surface area contributed by atoms with Crippen molar-refractivity contribution in [3.05, 3.63) is 65.0 Å². The van der Waals surface area contributed by atoms with Crippen molar-refractivity contribution in [1.82, 2.24) is 9.88 Å². The van der Waals surface area contributed by atoms with Crippen LogP contribution < -0.4 is 0 Å². The molecule has 19 heavy (non-hydrogen) atoms. The molecule has 3 heteroatoms.